The fourth-order valence-electron chi connectivity index (χ4n) is 2.62. The molecule has 2 aliphatic carbocycles. The molecular formula is C11H16O4. The summed E-state index contributed by atoms with van der Waals surface area (Å²) in [6.45, 7) is 1.47. The maximum atomic E-state index is 11.7. The number of ketones is 1. The second-order valence-electron chi connectivity index (χ2n) is 4.76. The van der Waals surface area contributed by atoms with Crippen molar-refractivity contribution in [2.75, 3.05) is 0 Å². The van der Waals surface area contributed by atoms with E-state index < -0.39 is 17.6 Å². The molecule has 0 aromatic heterocycles. The van der Waals surface area contributed by atoms with Crippen LogP contribution in [-0.2, 0) is 4.79 Å². The van der Waals surface area contributed by atoms with E-state index in [9.17, 15) is 20.1 Å². The van der Waals surface area contributed by atoms with E-state index in [2.05, 4.69) is 0 Å². The van der Waals surface area contributed by atoms with Gasteiger partial charge in [0.05, 0.1) is 17.5 Å². The van der Waals surface area contributed by atoms with Crippen LogP contribution in [0.25, 0.3) is 0 Å². The topological polar surface area (TPSA) is 77.8 Å². The lowest BCUT2D eigenvalue weighted by molar-refractivity contribution is -0.140. The molecule has 0 bridgehead atoms. The molecule has 3 atom stereocenters. The lowest BCUT2D eigenvalue weighted by Gasteiger charge is -2.41. The number of carbonyl (C=O) groups excluding carboxylic acids is 1. The van der Waals surface area contributed by atoms with Crippen LogP contribution in [0.4, 0.5) is 0 Å². The molecule has 4 heteroatoms. The van der Waals surface area contributed by atoms with Crippen molar-refractivity contribution >= 4 is 5.78 Å². The Morgan fingerprint density at radius 2 is 2.13 bits per heavy atom. The normalized spacial score (nSPS) is 41.7. The summed E-state index contributed by atoms with van der Waals surface area (Å²) >= 11 is 0. The summed E-state index contributed by atoms with van der Waals surface area (Å²) < 4.78 is 0. The van der Waals surface area contributed by atoms with E-state index in [1.807, 2.05) is 0 Å². The van der Waals surface area contributed by atoms with E-state index in [1.165, 1.54) is 6.92 Å². The molecule has 0 aromatic rings. The van der Waals surface area contributed by atoms with Crippen LogP contribution in [-0.4, -0.2) is 32.8 Å². The first kappa shape index (κ1) is 10.6. The van der Waals surface area contributed by atoms with E-state index in [0.29, 0.717) is 18.4 Å². The minimum absolute atomic E-state index is 0.103. The molecule has 2 rings (SSSR count). The molecule has 0 spiro atoms. The van der Waals surface area contributed by atoms with E-state index in [1.54, 1.807) is 0 Å². The van der Waals surface area contributed by atoms with Crippen LogP contribution < -0.4 is 0 Å². The highest BCUT2D eigenvalue weighted by atomic mass is 16.3. The zero-order valence-corrected chi connectivity index (χ0v) is 8.73. The van der Waals surface area contributed by atoms with Crippen molar-refractivity contribution in [1.82, 2.24) is 0 Å². The van der Waals surface area contributed by atoms with Crippen LogP contribution >= 0.6 is 0 Å². The predicted molar refractivity (Wildman–Crippen MR) is 53.3 cm³/mol. The van der Waals surface area contributed by atoms with Gasteiger partial charge in [0, 0.05) is 24.3 Å². The zero-order valence-electron chi connectivity index (χ0n) is 8.73. The lowest BCUT2D eigenvalue weighted by Crippen LogP contribution is -2.52. The van der Waals surface area contributed by atoms with Crippen molar-refractivity contribution in [3.8, 4) is 0 Å². The maximum Gasteiger partial charge on any atom is 0.165 e. The highest BCUT2D eigenvalue weighted by Crippen LogP contribution is 2.41. The highest BCUT2D eigenvalue weighted by molar-refractivity contribution is 5.98. The molecule has 0 heterocycles. The van der Waals surface area contributed by atoms with Gasteiger partial charge in [-0.15, -0.1) is 0 Å². The van der Waals surface area contributed by atoms with Gasteiger partial charge in [0.1, 0.15) is 0 Å². The molecule has 1 fully saturated rings. The summed E-state index contributed by atoms with van der Waals surface area (Å²) in [5, 5.41) is 29.4. The Bertz CT molecular complexity index is 329. The molecule has 0 radical (unpaired) electrons. The third-order valence-electron chi connectivity index (χ3n) is 3.45. The van der Waals surface area contributed by atoms with Crippen LogP contribution in [0.5, 0.6) is 0 Å². The summed E-state index contributed by atoms with van der Waals surface area (Å²) in [5.74, 6) is -0.520. The lowest BCUT2D eigenvalue weighted by atomic mass is 9.68. The van der Waals surface area contributed by atoms with Gasteiger partial charge in [0.15, 0.2) is 5.78 Å². The van der Waals surface area contributed by atoms with Crippen molar-refractivity contribution in [1.29, 1.82) is 0 Å². The number of fused-ring (bicyclic) bond motifs is 1. The fraction of sp³-hybridized carbons (Fsp3) is 0.727. The van der Waals surface area contributed by atoms with Crippen LogP contribution in [0.1, 0.15) is 32.6 Å². The minimum Gasteiger partial charge on any atom is -0.512 e. The molecule has 0 saturated heterocycles. The first-order valence-electron chi connectivity index (χ1n) is 5.29. The van der Waals surface area contributed by atoms with Gasteiger partial charge < -0.3 is 15.3 Å². The molecule has 0 amide bonds. The Balaban J connectivity index is 2.41. The Labute approximate surface area is 88.2 Å². The molecule has 4 nitrogen and oxygen atoms in total. The smallest absolute Gasteiger partial charge is 0.165 e. The van der Waals surface area contributed by atoms with Crippen LogP contribution in [0.15, 0.2) is 11.3 Å². The van der Waals surface area contributed by atoms with Crippen molar-refractivity contribution in [2.24, 2.45) is 5.92 Å². The average molecular weight is 212 g/mol. The third kappa shape index (κ3) is 1.58. The Morgan fingerprint density at radius 3 is 2.80 bits per heavy atom. The number of hydrogen-bond acceptors (Lipinski definition) is 4. The number of Topliss-reactive ketones (excluding diaryl/α,β-unsaturated/α-hetero) is 1. The molecular weight excluding hydrogens is 196 g/mol. The van der Waals surface area contributed by atoms with Gasteiger partial charge in [-0.3, -0.25) is 4.79 Å². The van der Waals surface area contributed by atoms with Crippen molar-refractivity contribution < 1.29 is 20.1 Å². The van der Waals surface area contributed by atoms with Crippen molar-refractivity contribution in [3.05, 3.63) is 11.3 Å². The molecule has 2 aliphatic rings. The monoisotopic (exact) mass is 212 g/mol. The fourth-order valence-corrected chi connectivity index (χ4v) is 2.62. The largest absolute Gasteiger partial charge is 0.512 e. The molecule has 15 heavy (non-hydrogen) atoms. The summed E-state index contributed by atoms with van der Waals surface area (Å²) in [7, 11) is 0. The molecule has 0 aliphatic heterocycles. The van der Waals surface area contributed by atoms with Gasteiger partial charge in [-0.05, 0) is 19.8 Å². The number of carbonyl (C=O) groups is 1. The van der Waals surface area contributed by atoms with Gasteiger partial charge >= 0.3 is 0 Å². The number of rotatable bonds is 0. The van der Waals surface area contributed by atoms with E-state index >= 15 is 0 Å². The molecule has 1 saturated carbocycles. The molecule has 3 N–H and O–H groups in total. The van der Waals surface area contributed by atoms with E-state index in [0.717, 1.165) is 6.42 Å². The average Bonchev–Trinajstić information content (AvgIpc) is 2.13. The molecule has 84 valence electrons. The standard InChI is InChI=1S/C11H16O4/c1-11(15)5-8(13)9-6(10(11)14)3-2-4-7(9)12/h6,10,12,14-15H,2-5H2,1H3/t6?,10-,11+/m0/s1. The van der Waals surface area contributed by atoms with Gasteiger partial charge in [0.25, 0.3) is 0 Å². The van der Waals surface area contributed by atoms with Gasteiger partial charge in [-0.2, -0.15) is 0 Å². The number of hydrogen-bond donors (Lipinski definition) is 3. The van der Waals surface area contributed by atoms with Gasteiger partial charge in [0.2, 0.25) is 0 Å². The molecule has 0 aromatic carbocycles. The van der Waals surface area contributed by atoms with Crippen LogP contribution in [0.2, 0.25) is 0 Å². The van der Waals surface area contributed by atoms with Crippen LogP contribution in [0, 0.1) is 5.92 Å². The van der Waals surface area contributed by atoms with Gasteiger partial charge in [-0.25, -0.2) is 0 Å². The number of allylic oxidation sites excluding steroid dienone is 1. The number of aliphatic hydroxyl groups excluding tert-OH is 2. The predicted octanol–water partition coefficient (Wildman–Crippen LogP) is 0.683. The maximum absolute atomic E-state index is 11.7. The van der Waals surface area contributed by atoms with Crippen LogP contribution in [0.3, 0.4) is 0 Å². The third-order valence-corrected chi connectivity index (χ3v) is 3.45. The Morgan fingerprint density at radius 1 is 1.47 bits per heavy atom. The quantitative estimate of drug-likeness (QED) is 0.552. The Kier molecular flexibility index (Phi) is 2.35. The summed E-state index contributed by atoms with van der Waals surface area (Å²) in [6.07, 6.45) is 0.854. The van der Waals surface area contributed by atoms with E-state index in [4.69, 9.17) is 0 Å². The summed E-state index contributed by atoms with van der Waals surface area (Å²) in [6, 6.07) is 0. The first-order valence-corrected chi connectivity index (χ1v) is 5.29. The second kappa shape index (κ2) is 3.32. The number of aliphatic hydroxyl groups is 3. The minimum atomic E-state index is -1.36. The highest BCUT2D eigenvalue weighted by Gasteiger charge is 2.48. The summed E-state index contributed by atoms with van der Waals surface area (Å²) in [5.41, 5.74) is -1.01. The van der Waals surface area contributed by atoms with Gasteiger partial charge in [-0.1, -0.05) is 0 Å². The second-order valence-corrected chi connectivity index (χ2v) is 4.76. The first-order chi connectivity index (χ1) is 6.93. The summed E-state index contributed by atoms with van der Waals surface area (Å²) in [4.78, 5) is 11.7. The SMILES string of the molecule is C[C@@]1(O)CC(=O)C2=C(O)CCCC2[C@@H]1O. The van der Waals surface area contributed by atoms with Crippen molar-refractivity contribution in [2.45, 2.75) is 44.3 Å². The van der Waals surface area contributed by atoms with Crippen molar-refractivity contribution in [3.63, 3.8) is 0 Å². The van der Waals surface area contributed by atoms with E-state index in [-0.39, 0.29) is 18.0 Å². The molecule has 1 unspecified atom stereocenters. The zero-order chi connectivity index (χ0) is 11.2. The Hall–Kier alpha value is -0.870.